The first kappa shape index (κ1) is 14.1. The molecule has 1 aromatic carbocycles. The van der Waals surface area contributed by atoms with Crippen LogP contribution in [-0.4, -0.2) is 36.9 Å². The van der Waals surface area contributed by atoms with Gasteiger partial charge in [0, 0.05) is 19.2 Å². The van der Waals surface area contributed by atoms with Crippen LogP contribution < -0.4 is 11.1 Å². The minimum atomic E-state index is -0.400. The van der Waals surface area contributed by atoms with Crippen LogP contribution in [0.25, 0.3) is 0 Å². The number of carbonyl (C=O) groups is 2. The Hall–Kier alpha value is -1.95. The highest BCUT2D eigenvalue weighted by Crippen LogP contribution is 2.08. The van der Waals surface area contributed by atoms with E-state index in [-0.39, 0.29) is 31.4 Å². The number of nitrogens with two attached hydrogens (primary N) is 1. The average molecular weight is 253 g/mol. The number of carbonyl (C=O) groups excluding carboxylic acids is 2. The lowest BCUT2D eigenvalue weighted by Crippen LogP contribution is -2.40. The fourth-order valence-corrected chi connectivity index (χ4v) is 1.35. The third-order valence-corrected chi connectivity index (χ3v) is 2.41. The number of nitrogens with zero attached hydrogens (tertiary/aromatic N) is 1. The fourth-order valence-electron chi connectivity index (χ4n) is 1.35. The molecule has 0 aliphatic rings. The Kier molecular flexibility index (Phi) is 5.26. The Labute approximate surface area is 105 Å². The smallest absolute Gasteiger partial charge is 0.242 e. The number of hydrogen-bond donors (Lipinski definition) is 2. The molecule has 0 fully saturated rings. The van der Waals surface area contributed by atoms with Gasteiger partial charge in [0.05, 0.1) is 13.1 Å². The lowest BCUT2D eigenvalue weighted by molar-refractivity contribution is -0.131. The second-order valence-electron chi connectivity index (χ2n) is 3.82. The molecule has 1 aromatic rings. The molecule has 0 bridgehead atoms. The molecule has 0 atom stereocenters. The van der Waals surface area contributed by atoms with Crippen LogP contribution >= 0.6 is 0 Å². The number of amides is 2. The molecule has 0 unspecified atom stereocenters. The number of likely N-dealkylation sites (N-methyl/N-ethyl adjacent to an activating group) is 1. The zero-order valence-corrected chi connectivity index (χ0v) is 10.1. The van der Waals surface area contributed by atoms with E-state index in [4.69, 9.17) is 5.73 Å². The Bertz CT molecular complexity index is 437. The summed E-state index contributed by atoms with van der Waals surface area (Å²) in [4.78, 5) is 23.9. The molecule has 0 saturated carbocycles. The van der Waals surface area contributed by atoms with E-state index in [0.29, 0.717) is 5.56 Å². The maximum atomic E-state index is 13.4. The Morgan fingerprint density at radius 1 is 1.39 bits per heavy atom. The summed E-state index contributed by atoms with van der Waals surface area (Å²) < 4.78 is 13.4. The number of nitrogens with one attached hydrogen (secondary N) is 1. The van der Waals surface area contributed by atoms with E-state index in [1.54, 1.807) is 25.2 Å². The molecule has 0 heterocycles. The quantitative estimate of drug-likeness (QED) is 0.767. The number of benzene rings is 1. The first-order chi connectivity index (χ1) is 8.54. The van der Waals surface area contributed by atoms with Crippen molar-refractivity contribution in [3.05, 3.63) is 35.6 Å². The molecule has 18 heavy (non-hydrogen) atoms. The van der Waals surface area contributed by atoms with Crippen molar-refractivity contribution in [1.82, 2.24) is 10.2 Å². The van der Waals surface area contributed by atoms with Crippen LogP contribution in [-0.2, 0) is 16.1 Å². The molecular weight excluding hydrogens is 237 g/mol. The maximum absolute atomic E-state index is 13.4. The Morgan fingerprint density at radius 2 is 2.06 bits per heavy atom. The van der Waals surface area contributed by atoms with Gasteiger partial charge in [0.1, 0.15) is 5.82 Å². The van der Waals surface area contributed by atoms with Crippen molar-refractivity contribution >= 4 is 11.8 Å². The second-order valence-corrected chi connectivity index (χ2v) is 3.82. The topological polar surface area (TPSA) is 75.4 Å². The summed E-state index contributed by atoms with van der Waals surface area (Å²) in [6.45, 7) is -0.144. The van der Waals surface area contributed by atoms with E-state index in [2.05, 4.69) is 5.32 Å². The monoisotopic (exact) mass is 253 g/mol. The van der Waals surface area contributed by atoms with Crippen molar-refractivity contribution in [2.24, 2.45) is 5.73 Å². The SMILES string of the molecule is CN(Cc1ccccc1F)C(=O)CNC(=O)CN. The zero-order valence-electron chi connectivity index (χ0n) is 10.1. The molecule has 2 amide bonds. The summed E-state index contributed by atoms with van der Waals surface area (Å²) in [5.41, 5.74) is 5.52. The van der Waals surface area contributed by atoms with Crippen LogP contribution in [0, 0.1) is 5.82 Å². The fraction of sp³-hybridized carbons (Fsp3) is 0.333. The second kappa shape index (κ2) is 6.70. The highest BCUT2D eigenvalue weighted by atomic mass is 19.1. The number of halogens is 1. The van der Waals surface area contributed by atoms with Gasteiger partial charge >= 0.3 is 0 Å². The number of hydrogen-bond acceptors (Lipinski definition) is 3. The highest BCUT2D eigenvalue weighted by Gasteiger charge is 2.12. The van der Waals surface area contributed by atoms with Crippen molar-refractivity contribution in [3.63, 3.8) is 0 Å². The summed E-state index contributed by atoms with van der Waals surface area (Å²) in [7, 11) is 1.55. The van der Waals surface area contributed by atoms with E-state index in [0.717, 1.165) is 0 Å². The molecule has 98 valence electrons. The molecule has 0 aliphatic carbocycles. The van der Waals surface area contributed by atoms with Crippen molar-refractivity contribution in [2.75, 3.05) is 20.1 Å². The third kappa shape index (κ3) is 4.14. The molecule has 0 aromatic heterocycles. The van der Waals surface area contributed by atoms with Crippen LogP contribution in [0.15, 0.2) is 24.3 Å². The Balaban J connectivity index is 2.50. The predicted molar refractivity (Wildman–Crippen MR) is 64.9 cm³/mol. The van der Waals surface area contributed by atoms with Crippen molar-refractivity contribution in [2.45, 2.75) is 6.54 Å². The minimum absolute atomic E-state index is 0.138. The summed E-state index contributed by atoms with van der Waals surface area (Å²) in [5.74, 6) is -1.06. The van der Waals surface area contributed by atoms with Crippen molar-refractivity contribution in [1.29, 1.82) is 0 Å². The van der Waals surface area contributed by atoms with Gasteiger partial charge in [0.25, 0.3) is 0 Å². The van der Waals surface area contributed by atoms with Gasteiger partial charge in [-0.05, 0) is 6.07 Å². The molecule has 0 saturated heterocycles. The molecule has 0 spiro atoms. The standard InChI is InChI=1S/C12H16FN3O2/c1-16(12(18)7-15-11(17)6-14)8-9-4-2-3-5-10(9)13/h2-5H,6-8,14H2,1H3,(H,15,17). The van der Waals surface area contributed by atoms with Crippen LogP contribution in [0.4, 0.5) is 4.39 Å². The van der Waals surface area contributed by atoms with Crippen LogP contribution in [0.1, 0.15) is 5.56 Å². The van der Waals surface area contributed by atoms with E-state index in [1.807, 2.05) is 0 Å². The van der Waals surface area contributed by atoms with E-state index < -0.39 is 5.91 Å². The molecule has 6 heteroatoms. The number of rotatable bonds is 5. The van der Waals surface area contributed by atoms with Gasteiger partial charge in [0.15, 0.2) is 0 Å². The lowest BCUT2D eigenvalue weighted by atomic mass is 10.2. The van der Waals surface area contributed by atoms with Crippen LogP contribution in [0.5, 0.6) is 0 Å². The molecule has 0 aliphatic heterocycles. The van der Waals surface area contributed by atoms with Gasteiger partial charge in [-0.15, -0.1) is 0 Å². The van der Waals surface area contributed by atoms with E-state index >= 15 is 0 Å². The molecule has 5 nitrogen and oxygen atoms in total. The average Bonchev–Trinajstić information content (AvgIpc) is 2.38. The lowest BCUT2D eigenvalue weighted by Gasteiger charge is -2.17. The van der Waals surface area contributed by atoms with E-state index in [9.17, 15) is 14.0 Å². The van der Waals surface area contributed by atoms with Gasteiger partial charge in [-0.3, -0.25) is 9.59 Å². The molecule has 3 N–H and O–H groups in total. The van der Waals surface area contributed by atoms with Crippen LogP contribution in [0.3, 0.4) is 0 Å². The normalized spacial score (nSPS) is 9.94. The first-order valence-electron chi connectivity index (χ1n) is 5.48. The minimum Gasteiger partial charge on any atom is -0.346 e. The van der Waals surface area contributed by atoms with Gasteiger partial charge in [0.2, 0.25) is 11.8 Å². The largest absolute Gasteiger partial charge is 0.346 e. The molecular formula is C12H16FN3O2. The predicted octanol–water partition coefficient (Wildman–Crippen LogP) is -0.141. The molecule has 1 rings (SSSR count). The van der Waals surface area contributed by atoms with Gasteiger partial charge in [-0.25, -0.2) is 4.39 Å². The van der Waals surface area contributed by atoms with Crippen molar-refractivity contribution in [3.8, 4) is 0 Å². The zero-order chi connectivity index (χ0) is 13.5. The first-order valence-corrected chi connectivity index (χ1v) is 5.48. The molecule has 0 radical (unpaired) electrons. The van der Waals surface area contributed by atoms with Gasteiger partial charge in [-0.2, -0.15) is 0 Å². The summed E-state index contributed by atoms with van der Waals surface area (Å²) in [5, 5.41) is 2.36. The van der Waals surface area contributed by atoms with Crippen LogP contribution in [0.2, 0.25) is 0 Å². The highest BCUT2D eigenvalue weighted by molar-refractivity contribution is 5.85. The van der Waals surface area contributed by atoms with E-state index in [1.165, 1.54) is 11.0 Å². The summed E-state index contributed by atoms with van der Waals surface area (Å²) >= 11 is 0. The third-order valence-electron chi connectivity index (χ3n) is 2.41. The summed E-state index contributed by atoms with van der Waals surface area (Å²) in [6, 6.07) is 6.23. The maximum Gasteiger partial charge on any atom is 0.242 e. The van der Waals surface area contributed by atoms with Crippen molar-refractivity contribution < 1.29 is 14.0 Å². The van der Waals surface area contributed by atoms with Gasteiger partial charge < -0.3 is 16.0 Å². The Morgan fingerprint density at radius 3 is 2.67 bits per heavy atom. The van der Waals surface area contributed by atoms with Gasteiger partial charge in [-0.1, -0.05) is 18.2 Å². The summed E-state index contributed by atoms with van der Waals surface area (Å²) in [6.07, 6.45) is 0.